The normalized spacial score (nSPS) is 12.6. The Balaban J connectivity index is 1.81. The van der Waals surface area contributed by atoms with Crippen molar-refractivity contribution >= 4 is 10.9 Å². The van der Waals surface area contributed by atoms with Gasteiger partial charge >= 0.3 is 0 Å². The van der Waals surface area contributed by atoms with Crippen LogP contribution in [0.1, 0.15) is 17.4 Å². The fraction of sp³-hybridized carbons (Fsp3) is 0.105. The largest absolute Gasteiger partial charge is 0.369 e. The first-order chi connectivity index (χ1) is 11.7. The van der Waals surface area contributed by atoms with Crippen molar-refractivity contribution in [3.63, 3.8) is 0 Å². The molecule has 0 saturated carbocycles. The van der Waals surface area contributed by atoms with Crippen LogP contribution in [0.5, 0.6) is 0 Å². The van der Waals surface area contributed by atoms with Crippen LogP contribution >= 0.6 is 0 Å². The van der Waals surface area contributed by atoms with Gasteiger partial charge < -0.3 is 14.2 Å². The quantitative estimate of drug-likeness (QED) is 0.624. The van der Waals surface area contributed by atoms with Crippen LogP contribution in [0.2, 0.25) is 0 Å². The molecule has 0 aliphatic rings. The molecule has 0 saturated heterocycles. The predicted molar refractivity (Wildman–Crippen MR) is 90.0 cm³/mol. The highest BCUT2D eigenvalue weighted by atomic mass is 19.1. The summed E-state index contributed by atoms with van der Waals surface area (Å²) in [6.45, 7) is 0.407. The summed E-state index contributed by atoms with van der Waals surface area (Å²) in [6, 6.07) is 14.5. The van der Waals surface area contributed by atoms with E-state index in [2.05, 4.69) is 4.98 Å². The van der Waals surface area contributed by atoms with Crippen LogP contribution in [-0.2, 0) is 6.54 Å². The van der Waals surface area contributed by atoms with Crippen molar-refractivity contribution in [3.05, 3.63) is 90.4 Å². The van der Waals surface area contributed by atoms with Gasteiger partial charge in [0.1, 0.15) is 5.82 Å². The van der Waals surface area contributed by atoms with E-state index in [-0.39, 0.29) is 5.82 Å². The molecule has 1 unspecified atom stereocenters. The molecule has 0 radical (unpaired) electrons. The highest BCUT2D eigenvalue weighted by molar-refractivity contribution is 5.84. The van der Waals surface area contributed by atoms with E-state index >= 15 is 0 Å². The molecule has 2 aromatic heterocycles. The molecule has 0 fully saturated rings. The first kappa shape index (κ1) is 14.7. The Bertz CT molecular complexity index is 975. The minimum absolute atomic E-state index is 0.230. The fourth-order valence-corrected chi connectivity index (χ4v) is 3.00. The van der Waals surface area contributed by atoms with Crippen LogP contribution in [0, 0.1) is 5.82 Å². The number of rotatable bonds is 4. The second-order valence-corrected chi connectivity index (χ2v) is 5.70. The average molecular weight is 321 g/mol. The van der Waals surface area contributed by atoms with Gasteiger partial charge in [-0.1, -0.05) is 36.4 Å². The van der Waals surface area contributed by atoms with Crippen molar-refractivity contribution in [1.82, 2.24) is 14.1 Å². The summed E-state index contributed by atoms with van der Waals surface area (Å²) in [4.78, 5) is 3.98. The van der Waals surface area contributed by atoms with Crippen molar-refractivity contribution < 1.29 is 9.50 Å². The Morgan fingerprint density at radius 2 is 1.88 bits per heavy atom. The zero-order valence-electron chi connectivity index (χ0n) is 12.9. The van der Waals surface area contributed by atoms with E-state index in [0.717, 1.165) is 16.5 Å². The number of aliphatic hydroxyl groups excluding tert-OH is 1. The second-order valence-electron chi connectivity index (χ2n) is 5.70. The SMILES string of the molecule is OC(c1cn(Cc2ccccc2F)c2ccccc12)n1ccnc1. The Morgan fingerprint density at radius 1 is 1.08 bits per heavy atom. The molecule has 5 heteroatoms. The monoisotopic (exact) mass is 321 g/mol. The lowest BCUT2D eigenvalue weighted by atomic mass is 10.1. The molecular weight excluding hydrogens is 305 g/mol. The molecule has 1 atom stereocenters. The van der Waals surface area contributed by atoms with E-state index in [9.17, 15) is 9.50 Å². The molecular formula is C19H16FN3O. The van der Waals surface area contributed by atoms with Gasteiger partial charge in [0.05, 0.1) is 12.9 Å². The lowest BCUT2D eigenvalue weighted by molar-refractivity contribution is 0.147. The average Bonchev–Trinajstić information content (AvgIpc) is 3.25. The van der Waals surface area contributed by atoms with Gasteiger partial charge in [-0.15, -0.1) is 0 Å². The van der Waals surface area contributed by atoms with E-state index in [0.29, 0.717) is 12.1 Å². The Kier molecular flexibility index (Phi) is 3.63. The maximum atomic E-state index is 14.0. The minimum Gasteiger partial charge on any atom is -0.369 e. The van der Waals surface area contributed by atoms with Crippen molar-refractivity contribution in [2.24, 2.45) is 0 Å². The number of imidazole rings is 1. The third-order valence-electron chi connectivity index (χ3n) is 4.20. The van der Waals surface area contributed by atoms with Gasteiger partial charge in [0.25, 0.3) is 0 Å². The van der Waals surface area contributed by atoms with Crippen LogP contribution < -0.4 is 0 Å². The summed E-state index contributed by atoms with van der Waals surface area (Å²) in [7, 11) is 0. The van der Waals surface area contributed by atoms with E-state index in [1.54, 1.807) is 35.4 Å². The fourth-order valence-electron chi connectivity index (χ4n) is 3.00. The number of nitrogens with zero attached hydrogens (tertiary/aromatic N) is 3. The number of para-hydroxylation sites is 1. The third kappa shape index (κ3) is 2.49. The molecule has 0 bridgehead atoms. The van der Waals surface area contributed by atoms with E-state index in [4.69, 9.17) is 0 Å². The number of halogens is 1. The summed E-state index contributed by atoms with van der Waals surface area (Å²) in [5, 5.41) is 11.6. The van der Waals surface area contributed by atoms with Gasteiger partial charge in [-0.3, -0.25) is 0 Å². The number of aromatic nitrogens is 3. The standard InChI is InChI=1S/C19H16FN3O/c20-17-7-3-1-5-14(17)11-23-12-16(15-6-2-4-8-18(15)23)19(24)22-10-9-21-13-22/h1-10,12-13,19,24H,11H2. The summed E-state index contributed by atoms with van der Waals surface area (Å²) >= 11 is 0. The minimum atomic E-state index is -0.834. The topological polar surface area (TPSA) is 43.0 Å². The highest BCUT2D eigenvalue weighted by Crippen LogP contribution is 2.28. The number of hydrogen-bond donors (Lipinski definition) is 1. The lowest BCUT2D eigenvalue weighted by Gasteiger charge is -2.10. The number of hydrogen-bond acceptors (Lipinski definition) is 2. The van der Waals surface area contributed by atoms with Crippen molar-refractivity contribution in [3.8, 4) is 0 Å². The van der Waals surface area contributed by atoms with Gasteiger partial charge in [-0.05, 0) is 12.1 Å². The molecule has 4 nitrogen and oxygen atoms in total. The number of fused-ring (bicyclic) bond motifs is 1. The van der Waals surface area contributed by atoms with Crippen LogP contribution in [0.15, 0.2) is 73.4 Å². The van der Waals surface area contributed by atoms with Gasteiger partial charge in [0.2, 0.25) is 0 Å². The van der Waals surface area contributed by atoms with Gasteiger partial charge in [0.15, 0.2) is 6.23 Å². The van der Waals surface area contributed by atoms with E-state index in [1.165, 1.54) is 6.07 Å². The van der Waals surface area contributed by atoms with Crippen molar-refractivity contribution in [1.29, 1.82) is 0 Å². The lowest BCUT2D eigenvalue weighted by Crippen LogP contribution is -2.07. The van der Waals surface area contributed by atoms with Crippen LogP contribution in [0.3, 0.4) is 0 Å². The van der Waals surface area contributed by atoms with Gasteiger partial charge in [-0.25, -0.2) is 9.37 Å². The molecule has 4 aromatic rings. The maximum absolute atomic E-state index is 14.0. The van der Waals surface area contributed by atoms with E-state index < -0.39 is 6.23 Å². The molecule has 0 amide bonds. The van der Waals surface area contributed by atoms with Crippen LogP contribution in [-0.4, -0.2) is 19.2 Å². The van der Waals surface area contributed by atoms with Crippen molar-refractivity contribution in [2.75, 3.05) is 0 Å². The zero-order valence-corrected chi connectivity index (χ0v) is 12.9. The molecule has 2 aromatic carbocycles. The molecule has 24 heavy (non-hydrogen) atoms. The van der Waals surface area contributed by atoms with Gasteiger partial charge in [0, 0.05) is 40.6 Å². The van der Waals surface area contributed by atoms with Crippen molar-refractivity contribution in [2.45, 2.75) is 12.8 Å². The maximum Gasteiger partial charge on any atom is 0.159 e. The van der Waals surface area contributed by atoms with Gasteiger partial charge in [-0.2, -0.15) is 0 Å². The smallest absolute Gasteiger partial charge is 0.159 e. The Hall–Kier alpha value is -2.92. The number of benzene rings is 2. The summed E-state index contributed by atoms with van der Waals surface area (Å²) in [6.07, 6.45) is 5.96. The highest BCUT2D eigenvalue weighted by Gasteiger charge is 2.17. The zero-order chi connectivity index (χ0) is 16.5. The van der Waals surface area contributed by atoms with Crippen LogP contribution in [0.4, 0.5) is 4.39 Å². The Labute approximate surface area is 138 Å². The van der Waals surface area contributed by atoms with E-state index in [1.807, 2.05) is 41.1 Å². The third-order valence-corrected chi connectivity index (χ3v) is 4.20. The molecule has 120 valence electrons. The Morgan fingerprint density at radius 3 is 2.67 bits per heavy atom. The molecule has 0 spiro atoms. The molecule has 1 N–H and O–H groups in total. The molecule has 2 heterocycles. The molecule has 4 rings (SSSR count). The summed E-state index contributed by atoms with van der Waals surface area (Å²) in [5.41, 5.74) is 2.33. The first-order valence-corrected chi connectivity index (χ1v) is 7.71. The van der Waals surface area contributed by atoms with Crippen LogP contribution in [0.25, 0.3) is 10.9 Å². The number of aliphatic hydroxyl groups is 1. The summed E-state index contributed by atoms with van der Waals surface area (Å²) in [5.74, 6) is -0.230. The summed E-state index contributed by atoms with van der Waals surface area (Å²) < 4.78 is 17.6. The molecule has 0 aliphatic heterocycles. The predicted octanol–water partition coefficient (Wildman–Crippen LogP) is 3.56. The molecule has 0 aliphatic carbocycles. The first-order valence-electron chi connectivity index (χ1n) is 7.71. The second kappa shape index (κ2) is 5.94.